The summed E-state index contributed by atoms with van der Waals surface area (Å²) in [5.41, 5.74) is -1.55. The molecule has 0 atom stereocenters. The van der Waals surface area contributed by atoms with Crippen LogP contribution in [0.4, 0.5) is 13.2 Å². The first-order chi connectivity index (χ1) is 13.4. The summed E-state index contributed by atoms with van der Waals surface area (Å²) in [6, 6.07) is 3.12. The number of aromatic nitrogens is 6. The smallest absolute Gasteiger partial charge is 0.289 e. The molecule has 28 heavy (non-hydrogen) atoms. The minimum Gasteiger partial charge on any atom is -0.324 e. The van der Waals surface area contributed by atoms with E-state index in [4.69, 9.17) is 0 Å². The van der Waals surface area contributed by atoms with Gasteiger partial charge >= 0.3 is 0 Å². The molecule has 0 bridgehead atoms. The Bertz CT molecular complexity index is 1300. The molecule has 4 rings (SSSR count). The van der Waals surface area contributed by atoms with Gasteiger partial charge in [-0.2, -0.15) is 5.10 Å². The predicted molar refractivity (Wildman–Crippen MR) is 92.9 cm³/mol. The van der Waals surface area contributed by atoms with Crippen molar-refractivity contribution in [3.8, 4) is 5.82 Å². The number of aromatic amines is 1. The molecule has 0 saturated carbocycles. The van der Waals surface area contributed by atoms with Crippen molar-refractivity contribution < 1.29 is 13.2 Å². The molecular weight excluding hydrogens is 397 g/mol. The lowest BCUT2D eigenvalue weighted by Gasteiger charge is -2.11. The van der Waals surface area contributed by atoms with Gasteiger partial charge in [0, 0.05) is 18.0 Å². The highest BCUT2D eigenvalue weighted by atomic mass is 32.2. The van der Waals surface area contributed by atoms with Crippen molar-refractivity contribution in [3.63, 3.8) is 0 Å². The first-order valence-electron chi connectivity index (χ1n) is 7.72. The highest BCUT2D eigenvalue weighted by molar-refractivity contribution is 7.98. The third kappa shape index (κ3) is 3.17. The van der Waals surface area contributed by atoms with E-state index in [2.05, 4.69) is 20.2 Å². The maximum Gasteiger partial charge on any atom is 0.289 e. The van der Waals surface area contributed by atoms with Gasteiger partial charge in [-0.3, -0.25) is 9.59 Å². The first kappa shape index (κ1) is 18.0. The van der Waals surface area contributed by atoms with Gasteiger partial charge in [0.25, 0.3) is 11.1 Å². The van der Waals surface area contributed by atoms with Crippen LogP contribution in [0.5, 0.6) is 0 Å². The van der Waals surface area contributed by atoms with E-state index < -0.39 is 34.1 Å². The van der Waals surface area contributed by atoms with Gasteiger partial charge in [-0.1, -0.05) is 17.8 Å². The lowest BCUT2D eigenvalue weighted by atomic mass is 10.2. The lowest BCUT2D eigenvalue weighted by molar-refractivity contribution is 0.576. The molecule has 0 aliphatic carbocycles. The molecule has 0 unspecified atom stereocenters. The Labute approximate surface area is 157 Å². The summed E-state index contributed by atoms with van der Waals surface area (Å²) in [5, 5.41) is 7.77. The van der Waals surface area contributed by atoms with Crippen LogP contribution in [0.1, 0.15) is 5.56 Å². The van der Waals surface area contributed by atoms with E-state index in [0.717, 1.165) is 45.5 Å². The minimum atomic E-state index is -0.878. The van der Waals surface area contributed by atoms with Gasteiger partial charge in [0.2, 0.25) is 0 Å². The fourth-order valence-electron chi connectivity index (χ4n) is 2.44. The molecule has 0 fully saturated rings. The molecule has 0 amide bonds. The van der Waals surface area contributed by atoms with E-state index in [1.807, 2.05) is 0 Å². The van der Waals surface area contributed by atoms with E-state index in [-0.39, 0.29) is 22.3 Å². The van der Waals surface area contributed by atoms with Crippen molar-refractivity contribution in [1.29, 1.82) is 0 Å². The second-order valence-electron chi connectivity index (χ2n) is 5.55. The third-order valence-corrected chi connectivity index (χ3v) is 4.72. The van der Waals surface area contributed by atoms with Crippen LogP contribution in [0.2, 0.25) is 0 Å². The Kier molecular flexibility index (Phi) is 4.47. The third-order valence-electron chi connectivity index (χ3n) is 3.74. The molecule has 3 aromatic heterocycles. The van der Waals surface area contributed by atoms with Crippen LogP contribution in [0, 0.1) is 17.5 Å². The second kappa shape index (κ2) is 6.96. The number of fused-ring (bicyclic) bond motifs is 1. The Morgan fingerprint density at radius 1 is 1.11 bits per heavy atom. The van der Waals surface area contributed by atoms with Crippen molar-refractivity contribution >= 4 is 17.3 Å². The molecule has 0 radical (unpaired) electrons. The van der Waals surface area contributed by atoms with Crippen molar-refractivity contribution in [2.24, 2.45) is 0 Å². The fourth-order valence-corrected chi connectivity index (χ4v) is 3.39. The maximum atomic E-state index is 13.9. The van der Waals surface area contributed by atoms with Crippen LogP contribution >= 0.6 is 11.8 Å². The Balaban J connectivity index is 1.84. The molecule has 0 saturated heterocycles. The summed E-state index contributed by atoms with van der Waals surface area (Å²) in [6.45, 7) is 0. The number of benzene rings is 1. The molecule has 4 aromatic rings. The molecule has 0 aliphatic rings. The zero-order valence-corrected chi connectivity index (χ0v) is 14.6. The normalized spacial score (nSPS) is 11.2. The van der Waals surface area contributed by atoms with Gasteiger partial charge in [-0.05, 0) is 11.6 Å². The molecule has 142 valence electrons. The van der Waals surface area contributed by atoms with E-state index in [0.29, 0.717) is 0 Å². The zero-order valence-electron chi connectivity index (χ0n) is 13.8. The minimum absolute atomic E-state index is 0.00281. The number of thioether (sulfide) groups is 1. The molecule has 8 nitrogen and oxygen atoms in total. The summed E-state index contributed by atoms with van der Waals surface area (Å²) >= 11 is 0.932. The van der Waals surface area contributed by atoms with Gasteiger partial charge in [0.1, 0.15) is 11.6 Å². The molecule has 3 heterocycles. The van der Waals surface area contributed by atoms with E-state index >= 15 is 0 Å². The molecule has 1 aromatic carbocycles. The largest absolute Gasteiger partial charge is 0.324 e. The Morgan fingerprint density at radius 2 is 1.93 bits per heavy atom. The number of nitrogens with zero attached hydrogens (tertiary/aromatic N) is 5. The van der Waals surface area contributed by atoms with Crippen LogP contribution in [0.25, 0.3) is 11.3 Å². The molecule has 0 aliphatic heterocycles. The lowest BCUT2D eigenvalue weighted by Crippen LogP contribution is -2.26. The molecular formula is C16H9F3N6O2S. The van der Waals surface area contributed by atoms with Gasteiger partial charge in [-0.25, -0.2) is 22.7 Å². The predicted octanol–water partition coefficient (Wildman–Crippen LogP) is 1.67. The quantitative estimate of drug-likeness (QED) is 0.518. The topological polar surface area (TPSA) is 97.9 Å². The van der Waals surface area contributed by atoms with E-state index in [9.17, 15) is 22.8 Å². The highest BCUT2D eigenvalue weighted by Gasteiger charge is 2.19. The standard InChI is InChI=1S/C16H9F3N6O2S/c17-9-2-1-8(10(18)3-9)7-28-16-23-25-14(11(19)4-22-25)15(27)24(16)12-5-21-13(26)6-20-12/h1-6H,7H2,(H,21,26). The summed E-state index contributed by atoms with van der Waals surface area (Å²) in [5.74, 6) is -2.36. The number of H-pyrrole nitrogens is 1. The number of hydrogen-bond acceptors (Lipinski definition) is 6. The average Bonchev–Trinajstić information content (AvgIpc) is 3.03. The number of halogens is 3. The van der Waals surface area contributed by atoms with Crippen molar-refractivity contribution in [1.82, 2.24) is 29.4 Å². The monoisotopic (exact) mass is 406 g/mol. The van der Waals surface area contributed by atoms with Crippen LogP contribution in [-0.4, -0.2) is 29.4 Å². The number of hydrogen-bond donors (Lipinski definition) is 1. The van der Waals surface area contributed by atoms with Gasteiger partial charge < -0.3 is 4.98 Å². The molecule has 12 heteroatoms. The molecule has 1 N–H and O–H groups in total. The van der Waals surface area contributed by atoms with Crippen LogP contribution in [-0.2, 0) is 5.75 Å². The number of rotatable bonds is 4. The van der Waals surface area contributed by atoms with Crippen LogP contribution in [0.15, 0.2) is 51.5 Å². The van der Waals surface area contributed by atoms with Gasteiger partial charge in [-0.15, -0.1) is 9.73 Å². The summed E-state index contributed by atoms with van der Waals surface area (Å²) < 4.78 is 42.7. The number of nitrogens with one attached hydrogen (secondary N) is 1. The van der Waals surface area contributed by atoms with Crippen molar-refractivity contribution in [3.05, 3.63) is 80.5 Å². The zero-order chi connectivity index (χ0) is 19.8. The summed E-state index contributed by atoms with van der Waals surface area (Å²) in [7, 11) is 0. The highest BCUT2D eigenvalue weighted by Crippen LogP contribution is 2.24. The second-order valence-corrected chi connectivity index (χ2v) is 6.49. The van der Waals surface area contributed by atoms with Gasteiger partial charge in [0.05, 0.1) is 12.4 Å². The van der Waals surface area contributed by atoms with Crippen molar-refractivity contribution in [2.45, 2.75) is 10.9 Å². The Hall–Kier alpha value is -3.41. The van der Waals surface area contributed by atoms with Crippen LogP contribution in [0.3, 0.4) is 0 Å². The SMILES string of the molecule is O=c1cnc(-n2c(SCc3ccc(F)cc3F)nn3ncc(F)c3c2=O)c[nH]1. The van der Waals surface area contributed by atoms with Crippen molar-refractivity contribution in [2.75, 3.05) is 0 Å². The Morgan fingerprint density at radius 3 is 2.64 bits per heavy atom. The summed E-state index contributed by atoms with van der Waals surface area (Å²) in [6.07, 6.45) is 2.95. The fraction of sp³-hybridized carbons (Fsp3) is 0.0625. The van der Waals surface area contributed by atoms with Gasteiger partial charge in [0.15, 0.2) is 22.3 Å². The maximum absolute atomic E-state index is 13.9. The van der Waals surface area contributed by atoms with Crippen LogP contribution < -0.4 is 11.1 Å². The average molecular weight is 406 g/mol. The molecule has 0 spiro atoms. The van der Waals surface area contributed by atoms with E-state index in [1.165, 1.54) is 12.3 Å². The first-order valence-corrected chi connectivity index (χ1v) is 8.71. The summed E-state index contributed by atoms with van der Waals surface area (Å²) in [4.78, 5) is 30.3. The van der Waals surface area contributed by atoms with E-state index in [1.54, 1.807) is 0 Å².